The molecule has 100 valence electrons. The second kappa shape index (κ2) is 7.13. The molecule has 1 aromatic heterocycles. The highest BCUT2D eigenvalue weighted by molar-refractivity contribution is 7.98. The first-order valence-electron chi connectivity index (χ1n) is 6.08. The fraction of sp³-hybridized carbons (Fsp3) is 0.286. The number of rotatable bonds is 5. The maximum atomic E-state index is 6.01. The van der Waals surface area contributed by atoms with E-state index in [1.807, 2.05) is 30.3 Å². The van der Waals surface area contributed by atoms with Crippen LogP contribution in [0.4, 0.5) is 0 Å². The largest absolute Gasteiger partial charge is 0.237 e. The third-order valence-electron chi connectivity index (χ3n) is 2.48. The Bertz CT molecular complexity index is 544. The van der Waals surface area contributed by atoms with Gasteiger partial charge in [-0.25, -0.2) is 9.97 Å². The second-order valence-corrected chi connectivity index (χ2v) is 5.96. The number of hydrogen-bond donors (Lipinski definition) is 0. The van der Waals surface area contributed by atoms with E-state index in [0.29, 0.717) is 10.9 Å². The van der Waals surface area contributed by atoms with Gasteiger partial charge in [0, 0.05) is 15.6 Å². The van der Waals surface area contributed by atoms with Gasteiger partial charge in [-0.2, -0.15) is 0 Å². The SMILES string of the molecule is CCCc1cc(Cl)nc(CSc2ccc(Cl)cc2)n1. The Morgan fingerprint density at radius 3 is 2.53 bits per heavy atom. The summed E-state index contributed by atoms with van der Waals surface area (Å²) in [5, 5.41) is 1.26. The first-order valence-corrected chi connectivity index (χ1v) is 7.82. The molecule has 19 heavy (non-hydrogen) atoms. The predicted octanol–water partition coefficient (Wildman–Crippen LogP) is 5.03. The van der Waals surface area contributed by atoms with Crippen LogP contribution < -0.4 is 0 Å². The molecule has 0 aliphatic carbocycles. The molecule has 0 amide bonds. The molecule has 0 bridgehead atoms. The topological polar surface area (TPSA) is 25.8 Å². The van der Waals surface area contributed by atoms with Gasteiger partial charge in [-0.1, -0.05) is 36.5 Å². The van der Waals surface area contributed by atoms with E-state index in [4.69, 9.17) is 23.2 Å². The summed E-state index contributed by atoms with van der Waals surface area (Å²) in [5.74, 6) is 1.48. The van der Waals surface area contributed by atoms with Gasteiger partial charge in [0.2, 0.25) is 0 Å². The maximum Gasteiger partial charge on any atom is 0.140 e. The van der Waals surface area contributed by atoms with E-state index < -0.39 is 0 Å². The van der Waals surface area contributed by atoms with Gasteiger partial charge in [0.05, 0.1) is 5.75 Å². The standard InChI is InChI=1S/C14H14Cl2N2S/c1-2-3-11-8-13(16)18-14(17-11)9-19-12-6-4-10(15)5-7-12/h4-8H,2-3,9H2,1H3. The lowest BCUT2D eigenvalue weighted by atomic mass is 10.2. The first-order chi connectivity index (χ1) is 9.17. The van der Waals surface area contributed by atoms with Crippen LogP contribution in [0, 0.1) is 0 Å². The highest BCUT2D eigenvalue weighted by atomic mass is 35.5. The van der Waals surface area contributed by atoms with Crippen molar-refractivity contribution in [2.45, 2.75) is 30.4 Å². The minimum atomic E-state index is 0.519. The van der Waals surface area contributed by atoms with Crippen LogP contribution in [0.3, 0.4) is 0 Å². The summed E-state index contributed by atoms with van der Waals surface area (Å²) < 4.78 is 0. The summed E-state index contributed by atoms with van der Waals surface area (Å²) in [4.78, 5) is 9.91. The van der Waals surface area contributed by atoms with Crippen molar-refractivity contribution in [3.63, 3.8) is 0 Å². The van der Waals surface area contributed by atoms with Crippen molar-refractivity contribution < 1.29 is 0 Å². The van der Waals surface area contributed by atoms with E-state index in [1.165, 1.54) is 0 Å². The Morgan fingerprint density at radius 1 is 1.11 bits per heavy atom. The van der Waals surface area contributed by atoms with Crippen LogP contribution in [0.1, 0.15) is 24.9 Å². The van der Waals surface area contributed by atoms with Gasteiger partial charge in [-0.05, 0) is 36.8 Å². The third-order valence-corrected chi connectivity index (χ3v) is 3.94. The lowest BCUT2D eigenvalue weighted by Crippen LogP contribution is -1.98. The van der Waals surface area contributed by atoms with Gasteiger partial charge in [-0.3, -0.25) is 0 Å². The zero-order valence-corrected chi connectivity index (χ0v) is 12.9. The quantitative estimate of drug-likeness (QED) is 0.572. The summed E-state index contributed by atoms with van der Waals surface area (Å²) in [6.45, 7) is 2.12. The van der Waals surface area contributed by atoms with Crippen LogP contribution in [-0.2, 0) is 12.2 Å². The van der Waals surface area contributed by atoms with E-state index in [-0.39, 0.29) is 0 Å². The molecule has 0 aliphatic rings. The van der Waals surface area contributed by atoms with Crippen LogP contribution >= 0.6 is 35.0 Å². The van der Waals surface area contributed by atoms with Crippen molar-refractivity contribution in [3.8, 4) is 0 Å². The van der Waals surface area contributed by atoms with Crippen molar-refractivity contribution >= 4 is 35.0 Å². The summed E-state index contributed by atoms with van der Waals surface area (Å²) in [7, 11) is 0. The normalized spacial score (nSPS) is 10.7. The molecule has 0 atom stereocenters. The predicted molar refractivity (Wildman–Crippen MR) is 82.1 cm³/mol. The monoisotopic (exact) mass is 312 g/mol. The molecule has 0 saturated heterocycles. The second-order valence-electron chi connectivity index (χ2n) is 4.09. The lowest BCUT2D eigenvalue weighted by Gasteiger charge is -2.04. The molecule has 2 rings (SSSR count). The molecule has 1 aromatic carbocycles. The van der Waals surface area contributed by atoms with Gasteiger partial charge in [0.25, 0.3) is 0 Å². The molecule has 0 radical (unpaired) electrons. The summed E-state index contributed by atoms with van der Waals surface area (Å²) in [5.41, 5.74) is 1.01. The number of hydrogen-bond acceptors (Lipinski definition) is 3. The number of halogens is 2. The Kier molecular flexibility index (Phi) is 5.49. The number of thioether (sulfide) groups is 1. The van der Waals surface area contributed by atoms with Gasteiger partial charge >= 0.3 is 0 Å². The molecule has 0 unspecified atom stereocenters. The summed E-state index contributed by atoms with van der Waals surface area (Å²) >= 11 is 13.5. The average molecular weight is 313 g/mol. The number of benzene rings is 1. The molecule has 0 saturated carbocycles. The average Bonchev–Trinajstić information content (AvgIpc) is 2.38. The van der Waals surface area contributed by atoms with Crippen molar-refractivity contribution in [1.29, 1.82) is 0 Å². The van der Waals surface area contributed by atoms with Crippen molar-refractivity contribution in [3.05, 3.63) is 52.0 Å². The molecule has 2 aromatic rings. The van der Waals surface area contributed by atoms with Gasteiger partial charge in [0.1, 0.15) is 11.0 Å². The smallest absolute Gasteiger partial charge is 0.140 e. The first kappa shape index (κ1) is 14.6. The molecular weight excluding hydrogens is 299 g/mol. The minimum absolute atomic E-state index is 0.519. The molecule has 5 heteroatoms. The summed E-state index contributed by atoms with van der Waals surface area (Å²) in [6.07, 6.45) is 1.98. The van der Waals surface area contributed by atoms with Crippen LogP contribution in [-0.4, -0.2) is 9.97 Å². The Balaban J connectivity index is 2.04. The Hall–Kier alpha value is -0.770. The fourth-order valence-corrected chi connectivity index (χ4v) is 2.75. The van der Waals surface area contributed by atoms with Gasteiger partial charge < -0.3 is 0 Å². The van der Waals surface area contributed by atoms with Crippen molar-refractivity contribution in [1.82, 2.24) is 9.97 Å². The van der Waals surface area contributed by atoms with E-state index in [9.17, 15) is 0 Å². The van der Waals surface area contributed by atoms with Crippen LogP contribution in [0.2, 0.25) is 10.2 Å². The van der Waals surface area contributed by atoms with Gasteiger partial charge in [0.15, 0.2) is 0 Å². The minimum Gasteiger partial charge on any atom is -0.237 e. The van der Waals surface area contributed by atoms with Crippen LogP contribution in [0.15, 0.2) is 35.2 Å². The number of aromatic nitrogens is 2. The molecule has 0 N–H and O–H groups in total. The highest BCUT2D eigenvalue weighted by Gasteiger charge is 2.04. The molecule has 0 fully saturated rings. The van der Waals surface area contributed by atoms with E-state index >= 15 is 0 Å². The van der Waals surface area contributed by atoms with Crippen LogP contribution in [0.25, 0.3) is 0 Å². The summed E-state index contributed by atoms with van der Waals surface area (Å²) in [6, 6.07) is 9.58. The van der Waals surface area contributed by atoms with Crippen molar-refractivity contribution in [2.75, 3.05) is 0 Å². The molecule has 2 nitrogen and oxygen atoms in total. The van der Waals surface area contributed by atoms with E-state index in [0.717, 1.165) is 34.3 Å². The zero-order chi connectivity index (χ0) is 13.7. The van der Waals surface area contributed by atoms with Crippen molar-refractivity contribution in [2.24, 2.45) is 0 Å². The number of aryl methyl sites for hydroxylation is 1. The van der Waals surface area contributed by atoms with Crippen LogP contribution in [0.5, 0.6) is 0 Å². The van der Waals surface area contributed by atoms with E-state index in [1.54, 1.807) is 11.8 Å². The molecular formula is C14H14Cl2N2S. The van der Waals surface area contributed by atoms with Gasteiger partial charge in [-0.15, -0.1) is 11.8 Å². The lowest BCUT2D eigenvalue weighted by molar-refractivity contribution is 0.853. The molecule has 0 aliphatic heterocycles. The molecule has 0 spiro atoms. The number of nitrogens with zero attached hydrogens (tertiary/aromatic N) is 2. The Morgan fingerprint density at radius 2 is 1.84 bits per heavy atom. The zero-order valence-electron chi connectivity index (χ0n) is 10.6. The third kappa shape index (κ3) is 4.68. The Labute approximate surface area is 127 Å². The highest BCUT2D eigenvalue weighted by Crippen LogP contribution is 2.23. The maximum absolute atomic E-state index is 6.01. The van der Waals surface area contributed by atoms with E-state index in [2.05, 4.69) is 16.9 Å². The molecule has 1 heterocycles. The fourth-order valence-electron chi connectivity index (χ4n) is 1.64.